The molecule has 2 saturated carbocycles. The van der Waals surface area contributed by atoms with E-state index in [2.05, 4.69) is 27.7 Å². The van der Waals surface area contributed by atoms with Crippen molar-refractivity contribution in [1.29, 1.82) is 0 Å². The fraction of sp³-hybridized carbons (Fsp3) is 0.742. The number of nitrogens with zero attached hydrogens (tertiary/aromatic N) is 1. The van der Waals surface area contributed by atoms with Gasteiger partial charge in [0.2, 0.25) is 11.8 Å². The van der Waals surface area contributed by atoms with Crippen LogP contribution in [0.25, 0.3) is 0 Å². The van der Waals surface area contributed by atoms with Crippen molar-refractivity contribution in [1.82, 2.24) is 15.5 Å². The second-order valence-electron chi connectivity index (χ2n) is 13.0. The quantitative estimate of drug-likeness (QED) is 0.482. The molecule has 0 aromatic heterocycles. The van der Waals surface area contributed by atoms with Crippen LogP contribution in [0.2, 0.25) is 0 Å². The van der Waals surface area contributed by atoms with Crippen molar-refractivity contribution in [3.8, 4) is 0 Å². The number of piperidine rings is 1. The molecule has 1 aliphatic heterocycles. The van der Waals surface area contributed by atoms with Crippen LogP contribution in [-0.4, -0.2) is 58.6 Å². The van der Waals surface area contributed by atoms with Crippen molar-refractivity contribution in [3.63, 3.8) is 0 Å². The summed E-state index contributed by atoms with van der Waals surface area (Å²) in [5.74, 6) is 1.36. The third-order valence-corrected chi connectivity index (χ3v) is 8.79. The van der Waals surface area contributed by atoms with Gasteiger partial charge in [0, 0.05) is 24.5 Å². The van der Waals surface area contributed by atoms with Gasteiger partial charge in [0.25, 0.3) is 0 Å². The maximum absolute atomic E-state index is 13.4. The average Bonchev–Trinajstić information content (AvgIpc) is 2.88. The molecule has 2 amide bonds. The lowest BCUT2D eigenvalue weighted by atomic mass is 9.72. The van der Waals surface area contributed by atoms with Gasteiger partial charge in [0.05, 0.1) is 18.2 Å². The van der Waals surface area contributed by atoms with Gasteiger partial charge in [-0.05, 0) is 70.3 Å². The maximum Gasteiger partial charge on any atom is 0.237 e. The van der Waals surface area contributed by atoms with Crippen LogP contribution in [0, 0.1) is 17.8 Å². The standard InChI is InChI=1S/C31H49N3O3/c1-31(2,3)33-30(37)27-19-24-16-10-11-17-25(24)20-34(27)21-28(35)26(18-22-12-6-4-7-13-22)32-29(36)23-14-8-5-9-15-23/h4,6-7,12-13,23-28,35H,5,8-11,14-21H2,1-3H3,(H,32,36)(H,33,37)/t24-,25+,26-,27-,28+/m0/s1. The molecule has 4 rings (SSSR count). The van der Waals surface area contributed by atoms with Crippen molar-refractivity contribution < 1.29 is 14.7 Å². The van der Waals surface area contributed by atoms with Gasteiger partial charge in [-0.2, -0.15) is 0 Å². The molecule has 0 spiro atoms. The van der Waals surface area contributed by atoms with Crippen molar-refractivity contribution in [3.05, 3.63) is 35.9 Å². The molecule has 5 atom stereocenters. The number of carbonyl (C=O) groups excluding carboxylic acids is 2. The van der Waals surface area contributed by atoms with Gasteiger partial charge in [-0.1, -0.05) is 68.9 Å². The van der Waals surface area contributed by atoms with Gasteiger partial charge in [0.1, 0.15) is 0 Å². The van der Waals surface area contributed by atoms with E-state index in [1.807, 2.05) is 39.0 Å². The zero-order valence-corrected chi connectivity index (χ0v) is 23.3. The van der Waals surface area contributed by atoms with Gasteiger partial charge >= 0.3 is 0 Å². The van der Waals surface area contributed by atoms with Gasteiger partial charge in [-0.15, -0.1) is 0 Å². The third kappa shape index (κ3) is 8.03. The van der Waals surface area contributed by atoms with Crippen LogP contribution in [0.5, 0.6) is 0 Å². The van der Waals surface area contributed by atoms with E-state index in [0.717, 1.165) is 44.2 Å². The summed E-state index contributed by atoms with van der Waals surface area (Å²) in [6.45, 7) is 7.31. The van der Waals surface area contributed by atoms with Crippen molar-refractivity contribution in [2.24, 2.45) is 17.8 Å². The Labute approximate surface area is 224 Å². The minimum Gasteiger partial charge on any atom is -0.390 e. The Hall–Kier alpha value is -1.92. The zero-order valence-electron chi connectivity index (χ0n) is 23.3. The Morgan fingerprint density at radius 1 is 0.946 bits per heavy atom. The number of aliphatic hydroxyl groups excluding tert-OH is 1. The lowest BCUT2D eigenvalue weighted by molar-refractivity contribution is -0.133. The van der Waals surface area contributed by atoms with Crippen LogP contribution in [-0.2, 0) is 16.0 Å². The summed E-state index contributed by atoms with van der Waals surface area (Å²) in [4.78, 5) is 28.9. The highest BCUT2D eigenvalue weighted by molar-refractivity contribution is 5.82. The Kier molecular flexibility index (Phi) is 9.68. The SMILES string of the molecule is CC(C)(C)NC(=O)[C@@H]1C[C@@H]2CCCC[C@@H]2CN1C[C@@H](O)[C@H](Cc1ccccc1)NC(=O)C1CCCCC1. The fourth-order valence-electron chi connectivity index (χ4n) is 6.81. The van der Waals surface area contributed by atoms with E-state index < -0.39 is 6.10 Å². The second kappa shape index (κ2) is 12.8. The molecule has 6 nitrogen and oxygen atoms in total. The first-order valence-electron chi connectivity index (χ1n) is 14.8. The molecule has 2 aliphatic carbocycles. The predicted molar refractivity (Wildman–Crippen MR) is 148 cm³/mol. The van der Waals surface area contributed by atoms with Gasteiger partial charge < -0.3 is 15.7 Å². The van der Waals surface area contributed by atoms with Crippen LogP contribution in [0.15, 0.2) is 30.3 Å². The van der Waals surface area contributed by atoms with E-state index in [1.54, 1.807) is 0 Å². The van der Waals surface area contributed by atoms with E-state index in [0.29, 0.717) is 24.8 Å². The van der Waals surface area contributed by atoms with Gasteiger partial charge in [-0.25, -0.2) is 0 Å². The second-order valence-corrected chi connectivity index (χ2v) is 13.0. The molecular formula is C31H49N3O3. The highest BCUT2D eigenvalue weighted by Gasteiger charge is 2.42. The molecule has 3 fully saturated rings. The molecule has 1 aromatic carbocycles. The van der Waals surface area contributed by atoms with E-state index in [-0.39, 0.29) is 35.4 Å². The fourth-order valence-corrected chi connectivity index (χ4v) is 6.81. The molecule has 1 heterocycles. The van der Waals surface area contributed by atoms with E-state index in [1.165, 1.54) is 32.1 Å². The summed E-state index contributed by atoms with van der Waals surface area (Å²) in [5, 5.41) is 18.1. The van der Waals surface area contributed by atoms with Crippen LogP contribution in [0.4, 0.5) is 0 Å². The van der Waals surface area contributed by atoms with Crippen molar-refractivity contribution in [2.75, 3.05) is 13.1 Å². The van der Waals surface area contributed by atoms with E-state index in [9.17, 15) is 14.7 Å². The van der Waals surface area contributed by atoms with E-state index in [4.69, 9.17) is 0 Å². The van der Waals surface area contributed by atoms with Crippen LogP contribution < -0.4 is 10.6 Å². The van der Waals surface area contributed by atoms with Crippen LogP contribution in [0.1, 0.15) is 90.5 Å². The number of aliphatic hydroxyl groups is 1. The monoisotopic (exact) mass is 511 g/mol. The molecule has 0 radical (unpaired) electrons. The average molecular weight is 512 g/mol. The lowest BCUT2D eigenvalue weighted by Gasteiger charge is -2.47. The number of hydrogen-bond donors (Lipinski definition) is 3. The first-order chi connectivity index (χ1) is 17.7. The molecule has 206 valence electrons. The Bertz CT molecular complexity index is 877. The Morgan fingerprint density at radius 3 is 2.27 bits per heavy atom. The molecule has 1 saturated heterocycles. The number of rotatable bonds is 8. The van der Waals surface area contributed by atoms with Crippen molar-refractivity contribution in [2.45, 2.75) is 115 Å². The smallest absolute Gasteiger partial charge is 0.237 e. The van der Waals surface area contributed by atoms with Crippen LogP contribution >= 0.6 is 0 Å². The van der Waals surface area contributed by atoms with Crippen molar-refractivity contribution >= 4 is 11.8 Å². The number of likely N-dealkylation sites (tertiary alicyclic amines) is 1. The number of nitrogens with one attached hydrogen (secondary N) is 2. The molecular weight excluding hydrogens is 462 g/mol. The Morgan fingerprint density at radius 2 is 1.59 bits per heavy atom. The molecule has 37 heavy (non-hydrogen) atoms. The first kappa shape index (κ1) is 28.1. The minimum atomic E-state index is -0.752. The topological polar surface area (TPSA) is 81.7 Å². The van der Waals surface area contributed by atoms with Gasteiger partial charge in [0.15, 0.2) is 0 Å². The number of hydrogen-bond acceptors (Lipinski definition) is 4. The predicted octanol–water partition coefficient (Wildman–Crippen LogP) is 4.45. The first-order valence-corrected chi connectivity index (χ1v) is 14.8. The third-order valence-electron chi connectivity index (χ3n) is 8.79. The molecule has 6 heteroatoms. The summed E-state index contributed by atoms with van der Waals surface area (Å²) in [5.41, 5.74) is 0.803. The minimum absolute atomic E-state index is 0.0440. The largest absolute Gasteiger partial charge is 0.390 e. The zero-order chi connectivity index (χ0) is 26.4. The molecule has 3 aliphatic rings. The summed E-state index contributed by atoms with van der Waals surface area (Å²) in [6.07, 6.45) is 10.9. The number of fused-ring (bicyclic) bond motifs is 1. The summed E-state index contributed by atoms with van der Waals surface area (Å²) >= 11 is 0. The normalized spacial score (nSPS) is 27.1. The van der Waals surface area contributed by atoms with E-state index >= 15 is 0 Å². The number of carbonyl (C=O) groups is 2. The highest BCUT2D eigenvalue weighted by atomic mass is 16.3. The van der Waals surface area contributed by atoms with Crippen LogP contribution in [0.3, 0.4) is 0 Å². The number of benzene rings is 1. The molecule has 3 N–H and O–H groups in total. The Balaban J connectivity index is 1.50. The summed E-state index contributed by atoms with van der Waals surface area (Å²) in [6, 6.07) is 9.48. The summed E-state index contributed by atoms with van der Waals surface area (Å²) in [7, 11) is 0. The summed E-state index contributed by atoms with van der Waals surface area (Å²) < 4.78 is 0. The van der Waals surface area contributed by atoms with Gasteiger partial charge in [-0.3, -0.25) is 14.5 Å². The molecule has 0 unspecified atom stereocenters. The number of β-amino-alcohol motifs (C(OH)–C–C–N with tert-alkyl or cyclic N) is 1. The molecule has 0 bridgehead atoms. The molecule has 1 aromatic rings. The number of amides is 2. The highest BCUT2D eigenvalue weighted by Crippen LogP contribution is 2.39. The maximum atomic E-state index is 13.4. The lowest BCUT2D eigenvalue weighted by Crippen LogP contribution is -2.60.